The second-order valence-electron chi connectivity index (χ2n) is 5.08. The zero-order chi connectivity index (χ0) is 17.1. The predicted octanol–water partition coefficient (Wildman–Crippen LogP) is -3.22. The molecule has 10 nitrogen and oxygen atoms in total. The van der Waals surface area contributed by atoms with Crippen LogP contribution in [0.3, 0.4) is 0 Å². The summed E-state index contributed by atoms with van der Waals surface area (Å²) in [6.45, 7) is 0.338. The van der Waals surface area contributed by atoms with Gasteiger partial charge in [0.2, 0.25) is 5.91 Å². The highest BCUT2D eigenvalue weighted by molar-refractivity contribution is 5.76. The van der Waals surface area contributed by atoms with Crippen molar-refractivity contribution in [3.8, 4) is 0 Å². The lowest BCUT2D eigenvalue weighted by atomic mass is 9.88. The van der Waals surface area contributed by atoms with E-state index in [0.29, 0.717) is 0 Å². The highest BCUT2D eigenvalue weighted by Crippen LogP contribution is 2.32. The lowest BCUT2D eigenvalue weighted by molar-refractivity contribution is -0.303. The van der Waals surface area contributed by atoms with E-state index in [-0.39, 0.29) is 0 Å². The van der Waals surface area contributed by atoms with Gasteiger partial charge in [-0.15, -0.1) is 0 Å². The minimum absolute atomic E-state index is 0.498. The summed E-state index contributed by atoms with van der Waals surface area (Å²) in [6, 6.07) is -1.18. The molecule has 0 aromatic carbocycles. The third kappa shape index (κ3) is 3.72. The van der Waals surface area contributed by atoms with Gasteiger partial charge in [0.25, 0.3) is 5.79 Å². The number of hydrogen-bond donors (Lipinski definition) is 6. The van der Waals surface area contributed by atoms with Crippen LogP contribution in [0.2, 0.25) is 0 Å². The summed E-state index contributed by atoms with van der Waals surface area (Å²) in [5.74, 6) is -4.33. The van der Waals surface area contributed by atoms with E-state index in [1.54, 1.807) is 0 Å². The van der Waals surface area contributed by atoms with Gasteiger partial charge in [-0.3, -0.25) is 4.79 Å². The van der Waals surface area contributed by atoms with Crippen molar-refractivity contribution in [2.24, 2.45) is 0 Å². The highest BCUT2D eigenvalue weighted by atomic mass is 16.7. The van der Waals surface area contributed by atoms with E-state index < -0.39 is 61.1 Å². The van der Waals surface area contributed by atoms with Crippen LogP contribution in [0.5, 0.6) is 0 Å². The third-order valence-corrected chi connectivity index (χ3v) is 3.52. The molecular formula is C12H21NO9. The van der Waals surface area contributed by atoms with Crippen LogP contribution in [0, 0.1) is 0 Å². The van der Waals surface area contributed by atoms with E-state index in [9.17, 15) is 30.0 Å². The SMILES string of the molecule is CO[C@@]1(C(=O)O)C[C@H](O)[C@@H](NC(C)=O)[C@H]([C@@H](O)[C@H](O)CO)O1. The van der Waals surface area contributed by atoms with E-state index in [1.165, 1.54) is 0 Å². The lowest BCUT2D eigenvalue weighted by Crippen LogP contribution is -2.67. The molecule has 1 fully saturated rings. The largest absolute Gasteiger partial charge is 0.477 e. The molecule has 0 aromatic heterocycles. The molecule has 1 saturated heterocycles. The summed E-state index contributed by atoms with van der Waals surface area (Å²) in [6.07, 6.45) is -6.84. The molecule has 22 heavy (non-hydrogen) atoms. The minimum atomic E-state index is -2.24. The van der Waals surface area contributed by atoms with Crippen LogP contribution in [0.1, 0.15) is 13.3 Å². The van der Waals surface area contributed by atoms with Gasteiger partial charge in [0, 0.05) is 20.5 Å². The first-order chi connectivity index (χ1) is 10.2. The standard InChI is InChI=1S/C12H21NO9/c1-5(15)13-8-6(16)3-12(21-2,11(19)20)22-10(8)9(18)7(17)4-14/h6-10,14,16-18H,3-4H2,1-2H3,(H,13,15)(H,19,20)/t6-,7+,8+,9-,10+,12-/m0/s1. The summed E-state index contributed by atoms with van der Waals surface area (Å²) < 4.78 is 10.0. The number of carbonyl (C=O) groups excluding carboxylic acids is 1. The molecule has 1 amide bonds. The number of methoxy groups -OCH3 is 1. The number of rotatable bonds is 6. The van der Waals surface area contributed by atoms with Gasteiger partial charge in [0.1, 0.15) is 18.3 Å². The van der Waals surface area contributed by atoms with Crippen molar-refractivity contribution < 1.29 is 44.6 Å². The van der Waals surface area contributed by atoms with E-state index in [1.807, 2.05) is 0 Å². The fourth-order valence-corrected chi connectivity index (χ4v) is 2.34. The number of ether oxygens (including phenoxy) is 2. The summed E-state index contributed by atoms with van der Waals surface area (Å²) in [4.78, 5) is 22.6. The van der Waals surface area contributed by atoms with Gasteiger partial charge in [-0.25, -0.2) is 4.79 Å². The molecule has 0 radical (unpaired) electrons. The molecule has 1 rings (SSSR count). The van der Waals surface area contributed by atoms with Gasteiger partial charge in [-0.05, 0) is 0 Å². The number of hydrogen-bond acceptors (Lipinski definition) is 8. The first-order valence-corrected chi connectivity index (χ1v) is 6.57. The Morgan fingerprint density at radius 2 is 2.05 bits per heavy atom. The maximum Gasteiger partial charge on any atom is 0.364 e. The number of carboxylic acid groups (broad SMARTS) is 1. The van der Waals surface area contributed by atoms with E-state index in [4.69, 9.17) is 14.6 Å². The molecular weight excluding hydrogens is 302 g/mol. The second-order valence-corrected chi connectivity index (χ2v) is 5.08. The fourth-order valence-electron chi connectivity index (χ4n) is 2.34. The van der Waals surface area contributed by atoms with Gasteiger partial charge in [0.15, 0.2) is 0 Å². The van der Waals surface area contributed by atoms with Gasteiger partial charge < -0.3 is 40.3 Å². The van der Waals surface area contributed by atoms with Crippen LogP contribution in [0.15, 0.2) is 0 Å². The summed E-state index contributed by atoms with van der Waals surface area (Å²) in [5.41, 5.74) is 0. The van der Waals surface area contributed by atoms with Crippen LogP contribution in [-0.2, 0) is 19.1 Å². The normalized spacial score (nSPS) is 34.7. The van der Waals surface area contributed by atoms with Crippen LogP contribution >= 0.6 is 0 Å². The Kier molecular flexibility index (Phi) is 6.23. The Labute approximate surface area is 126 Å². The average molecular weight is 323 g/mol. The monoisotopic (exact) mass is 323 g/mol. The molecule has 0 spiro atoms. The first-order valence-electron chi connectivity index (χ1n) is 6.57. The maximum atomic E-state index is 11.3. The molecule has 0 bridgehead atoms. The molecule has 1 aliphatic rings. The number of amides is 1. The number of carboxylic acids is 1. The summed E-state index contributed by atoms with van der Waals surface area (Å²) in [5, 5.41) is 50.1. The van der Waals surface area contributed by atoms with Gasteiger partial charge in [0.05, 0.1) is 18.8 Å². The number of aliphatic carboxylic acids is 1. The van der Waals surface area contributed by atoms with E-state index >= 15 is 0 Å². The summed E-state index contributed by atoms with van der Waals surface area (Å²) >= 11 is 0. The average Bonchev–Trinajstić information content (AvgIpc) is 2.46. The van der Waals surface area contributed by atoms with E-state index in [0.717, 1.165) is 14.0 Å². The van der Waals surface area contributed by atoms with Crippen molar-refractivity contribution in [2.45, 2.75) is 49.6 Å². The second kappa shape index (κ2) is 7.31. The lowest BCUT2D eigenvalue weighted by Gasteiger charge is -2.46. The van der Waals surface area contributed by atoms with Crippen molar-refractivity contribution in [3.05, 3.63) is 0 Å². The Morgan fingerprint density at radius 1 is 1.45 bits per heavy atom. The molecule has 1 aliphatic heterocycles. The van der Waals surface area contributed by atoms with Crippen LogP contribution < -0.4 is 5.32 Å². The minimum Gasteiger partial charge on any atom is -0.477 e. The molecule has 1 heterocycles. The zero-order valence-electron chi connectivity index (χ0n) is 12.2. The Balaban J connectivity index is 3.14. The number of aliphatic hydroxyl groups is 4. The number of carbonyl (C=O) groups is 2. The molecule has 10 heteroatoms. The van der Waals surface area contributed by atoms with Crippen molar-refractivity contribution in [1.29, 1.82) is 0 Å². The van der Waals surface area contributed by atoms with Crippen molar-refractivity contribution in [2.75, 3.05) is 13.7 Å². The topological polar surface area (TPSA) is 166 Å². The fraction of sp³-hybridized carbons (Fsp3) is 0.833. The third-order valence-electron chi connectivity index (χ3n) is 3.52. The van der Waals surface area contributed by atoms with Crippen LogP contribution in [0.25, 0.3) is 0 Å². The molecule has 0 aliphatic carbocycles. The Hall–Kier alpha value is -1.30. The first kappa shape index (κ1) is 18.7. The number of nitrogens with one attached hydrogen (secondary N) is 1. The molecule has 0 saturated carbocycles. The Bertz CT molecular complexity index is 417. The van der Waals surface area contributed by atoms with Gasteiger partial charge >= 0.3 is 5.97 Å². The molecule has 0 aromatic rings. The molecule has 128 valence electrons. The van der Waals surface area contributed by atoms with Gasteiger partial charge in [-0.1, -0.05) is 0 Å². The van der Waals surface area contributed by atoms with Crippen LogP contribution in [0.4, 0.5) is 0 Å². The smallest absolute Gasteiger partial charge is 0.364 e. The van der Waals surface area contributed by atoms with Gasteiger partial charge in [-0.2, -0.15) is 0 Å². The predicted molar refractivity (Wildman–Crippen MR) is 69.6 cm³/mol. The van der Waals surface area contributed by atoms with Crippen LogP contribution in [-0.4, -0.2) is 87.4 Å². The molecule has 6 N–H and O–H groups in total. The van der Waals surface area contributed by atoms with E-state index in [2.05, 4.69) is 5.32 Å². The molecule has 6 atom stereocenters. The zero-order valence-corrected chi connectivity index (χ0v) is 12.2. The van der Waals surface area contributed by atoms with Crippen molar-refractivity contribution in [3.63, 3.8) is 0 Å². The quantitative estimate of drug-likeness (QED) is 0.295. The number of aliphatic hydroxyl groups excluding tert-OH is 4. The highest BCUT2D eigenvalue weighted by Gasteiger charge is 2.55. The Morgan fingerprint density at radius 3 is 2.45 bits per heavy atom. The summed E-state index contributed by atoms with van der Waals surface area (Å²) in [7, 11) is 1.05. The maximum absolute atomic E-state index is 11.3. The van der Waals surface area contributed by atoms with Crippen molar-refractivity contribution >= 4 is 11.9 Å². The van der Waals surface area contributed by atoms with Crippen molar-refractivity contribution in [1.82, 2.24) is 5.32 Å². The molecule has 0 unspecified atom stereocenters.